The van der Waals surface area contributed by atoms with Gasteiger partial charge in [-0.2, -0.15) is 0 Å². The highest BCUT2D eigenvalue weighted by Crippen LogP contribution is 2.26. The lowest BCUT2D eigenvalue weighted by Gasteiger charge is -2.41. The third-order valence-electron chi connectivity index (χ3n) is 12.4. The van der Waals surface area contributed by atoms with Crippen molar-refractivity contribution in [3.8, 4) is 0 Å². The summed E-state index contributed by atoms with van der Waals surface area (Å²) in [6, 6.07) is -1.08. The predicted molar refractivity (Wildman–Crippen MR) is 310 cm³/mol. The van der Waals surface area contributed by atoms with Crippen molar-refractivity contribution in [2.45, 2.75) is 230 Å². The van der Waals surface area contributed by atoms with Gasteiger partial charge in [0, 0.05) is 12.8 Å². The summed E-state index contributed by atoms with van der Waals surface area (Å²) >= 11 is 0. The lowest BCUT2D eigenvalue weighted by Crippen LogP contribution is -2.61. The summed E-state index contributed by atoms with van der Waals surface area (Å²) in [6.45, 7) is 5.43. The Morgan fingerprint density at radius 2 is 1.01 bits per heavy atom. The monoisotopic (exact) mass is 1040 g/mol. The molecule has 1 aliphatic heterocycles. The molecule has 11 heteroatoms. The maximum Gasteiger partial charge on any atom is 0.306 e. The van der Waals surface area contributed by atoms with Crippen LogP contribution < -0.4 is 5.32 Å². The molecular formula is C64H101NO10. The molecule has 1 fully saturated rings. The van der Waals surface area contributed by atoms with Crippen molar-refractivity contribution in [3.63, 3.8) is 0 Å². The maximum absolute atomic E-state index is 13.4. The second-order valence-corrected chi connectivity index (χ2v) is 19.0. The first-order valence-corrected chi connectivity index (χ1v) is 28.7. The molecule has 1 saturated heterocycles. The van der Waals surface area contributed by atoms with Crippen LogP contribution in [0.3, 0.4) is 0 Å². The molecule has 8 unspecified atom stereocenters. The van der Waals surface area contributed by atoms with Crippen molar-refractivity contribution in [2.75, 3.05) is 13.2 Å². The Kier molecular flexibility index (Phi) is 46.0. The van der Waals surface area contributed by atoms with Gasteiger partial charge < -0.3 is 45.1 Å². The quantitative estimate of drug-likeness (QED) is 0.0149. The van der Waals surface area contributed by atoms with E-state index in [1.165, 1.54) is 51.4 Å². The van der Waals surface area contributed by atoms with Crippen LogP contribution in [-0.4, -0.2) is 99.6 Å². The van der Waals surface area contributed by atoms with Crippen molar-refractivity contribution >= 4 is 11.9 Å². The Hall–Kier alpha value is -4.46. The van der Waals surface area contributed by atoms with Crippen molar-refractivity contribution in [2.24, 2.45) is 0 Å². The van der Waals surface area contributed by atoms with Gasteiger partial charge in [0.05, 0.1) is 25.4 Å². The van der Waals surface area contributed by atoms with Crippen molar-refractivity contribution in [1.82, 2.24) is 5.32 Å². The molecule has 0 radical (unpaired) electrons. The number of aliphatic hydroxyl groups excluding tert-OH is 5. The predicted octanol–water partition coefficient (Wildman–Crippen LogP) is 13.0. The molecule has 11 nitrogen and oxygen atoms in total. The molecule has 8 atom stereocenters. The minimum atomic E-state index is -1.65. The molecule has 0 aliphatic carbocycles. The molecule has 1 rings (SSSR count). The molecular weight excluding hydrogens is 943 g/mol. The van der Waals surface area contributed by atoms with E-state index in [2.05, 4.69) is 92.9 Å². The standard InChI is InChI=1S/C64H101NO10/c1-4-7-10-13-16-19-22-25-27-28-29-31-33-36-39-42-45-48-51-57(68)63(72)65-55(56(67)50-47-44-41-38-35-32-24-21-18-15-12-9-6-3)54-73-64-62(61(71)60(70)58(53-66)74-64)75-59(69)52-49-46-43-40-37-34-30-26-23-20-17-14-11-8-5-2/h7-8,10-11,14,16-17,19-20,23,25-27,29-31,34,36-37,39,45,47-48,50,55-58,60-62,64,66-68,70-71H,4-6,9,12-13,15,18,21-22,24,28,32-33,35,38,40-44,46,49,51-54H2,1-3H3,(H,65,72)/b10-7-,11-8+,17-14+,19-16-,23-20-,27-25-,30-26-,31-29-,37-34+,39-36-,48-45-,50-47+. The highest BCUT2D eigenvalue weighted by Gasteiger charge is 2.47. The molecule has 75 heavy (non-hydrogen) atoms. The van der Waals surface area contributed by atoms with Gasteiger partial charge in [-0.05, 0) is 77.0 Å². The van der Waals surface area contributed by atoms with E-state index < -0.39 is 67.4 Å². The van der Waals surface area contributed by atoms with Gasteiger partial charge in [-0.15, -0.1) is 0 Å². The van der Waals surface area contributed by atoms with Gasteiger partial charge in [0.2, 0.25) is 5.91 Å². The SMILES string of the molecule is CC/C=C\C/C=C\C/C=C\C/C=C\C/C=C\C/C=C\CC(O)C(=O)NC(COC1OC(CO)C(O)C(O)C1OC(=O)CCCCC/C=C/C=C\C=C/C=C/C=C/CC)C(O)/C=C/CCCCCCCCCCCCC. The van der Waals surface area contributed by atoms with Gasteiger partial charge in [-0.25, -0.2) is 0 Å². The Morgan fingerprint density at radius 1 is 0.547 bits per heavy atom. The molecule has 0 aromatic heterocycles. The third-order valence-corrected chi connectivity index (χ3v) is 12.4. The van der Waals surface area contributed by atoms with Gasteiger partial charge in [0.15, 0.2) is 12.4 Å². The molecule has 0 bridgehead atoms. The first-order valence-electron chi connectivity index (χ1n) is 28.7. The summed E-state index contributed by atoms with van der Waals surface area (Å²) < 4.78 is 17.5. The lowest BCUT2D eigenvalue weighted by molar-refractivity contribution is -0.305. The number of carbonyl (C=O) groups is 2. The van der Waals surface area contributed by atoms with Crippen LogP contribution in [0.25, 0.3) is 0 Å². The Bertz CT molecular complexity index is 1770. The van der Waals surface area contributed by atoms with E-state index in [1.54, 1.807) is 12.2 Å². The summed E-state index contributed by atoms with van der Waals surface area (Å²) in [4.78, 5) is 26.4. The minimum Gasteiger partial charge on any atom is -0.454 e. The molecule has 0 saturated carbocycles. The number of hydrogen-bond donors (Lipinski definition) is 6. The van der Waals surface area contributed by atoms with E-state index >= 15 is 0 Å². The number of rotatable bonds is 45. The molecule has 0 spiro atoms. The van der Waals surface area contributed by atoms with Crippen LogP contribution in [0.15, 0.2) is 146 Å². The molecule has 6 N–H and O–H groups in total. The largest absolute Gasteiger partial charge is 0.454 e. The van der Waals surface area contributed by atoms with Crippen LogP contribution in [0, 0.1) is 0 Å². The molecule has 1 amide bonds. The van der Waals surface area contributed by atoms with E-state index in [1.807, 2.05) is 66.8 Å². The topological polar surface area (TPSA) is 175 Å². The maximum atomic E-state index is 13.4. The fourth-order valence-electron chi connectivity index (χ4n) is 7.86. The number of esters is 1. The Balaban J connectivity index is 2.84. The number of aliphatic hydroxyl groups is 5. The zero-order valence-corrected chi connectivity index (χ0v) is 46.3. The normalized spacial score (nSPS) is 20.3. The first kappa shape index (κ1) is 68.6. The fourth-order valence-corrected chi connectivity index (χ4v) is 7.86. The van der Waals surface area contributed by atoms with E-state index in [-0.39, 0.29) is 19.4 Å². The van der Waals surface area contributed by atoms with Crippen LogP contribution >= 0.6 is 0 Å². The summed E-state index contributed by atoms with van der Waals surface area (Å²) in [5.74, 6) is -1.34. The number of ether oxygens (including phenoxy) is 3. The minimum absolute atomic E-state index is 0.0444. The summed E-state index contributed by atoms with van der Waals surface area (Å²) in [7, 11) is 0. The zero-order valence-electron chi connectivity index (χ0n) is 46.3. The van der Waals surface area contributed by atoms with E-state index in [4.69, 9.17) is 14.2 Å². The molecule has 0 aromatic carbocycles. The van der Waals surface area contributed by atoms with Crippen LogP contribution in [0.1, 0.15) is 181 Å². The van der Waals surface area contributed by atoms with Crippen molar-refractivity contribution < 1.29 is 49.3 Å². The zero-order chi connectivity index (χ0) is 54.7. The number of hydrogen-bond acceptors (Lipinski definition) is 10. The summed E-state index contributed by atoms with van der Waals surface area (Å²) in [5.41, 5.74) is 0. The average Bonchev–Trinajstić information content (AvgIpc) is 3.41. The second kappa shape index (κ2) is 50.4. The second-order valence-electron chi connectivity index (χ2n) is 19.0. The Morgan fingerprint density at radius 3 is 1.55 bits per heavy atom. The number of amides is 1. The smallest absolute Gasteiger partial charge is 0.306 e. The number of nitrogens with one attached hydrogen (secondary N) is 1. The van der Waals surface area contributed by atoms with E-state index in [9.17, 15) is 35.1 Å². The van der Waals surface area contributed by atoms with Gasteiger partial charge in [-0.1, -0.05) is 237 Å². The summed E-state index contributed by atoms with van der Waals surface area (Å²) in [5, 5.41) is 56.7. The lowest BCUT2D eigenvalue weighted by atomic mass is 9.99. The van der Waals surface area contributed by atoms with Crippen LogP contribution in [0.5, 0.6) is 0 Å². The molecule has 1 heterocycles. The number of carbonyl (C=O) groups excluding carboxylic acids is 2. The number of unbranched alkanes of at least 4 members (excludes halogenated alkanes) is 14. The van der Waals surface area contributed by atoms with Crippen LogP contribution in [0.4, 0.5) is 0 Å². The van der Waals surface area contributed by atoms with E-state index in [0.717, 1.165) is 83.5 Å². The van der Waals surface area contributed by atoms with Gasteiger partial charge in [0.1, 0.15) is 24.4 Å². The van der Waals surface area contributed by atoms with E-state index in [0.29, 0.717) is 12.8 Å². The summed E-state index contributed by atoms with van der Waals surface area (Å²) in [6.07, 6.45) is 61.9. The van der Waals surface area contributed by atoms with Crippen LogP contribution in [0.2, 0.25) is 0 Å². The van der Waals surface area contributed by atoms with Crippen molar-refractivity contribution in [1.29, 1.82) is 0 Å². The third kappa shape index (κ3) is 38.7. The molecule has 0 aromatic rings. The van der Waals surface area contributed by atoms with Gasteiger partial charge >= 0.3 is 5.97 Å². The molecule has 1 aliphatic rings. The van der Waals surface area contributed by atoms with Gasteiger partial charge in [0.25, 0.3) is 0 Å². The van der Waals surface area contributed by atoms with Crippen LogP contribution in [-0.2, 0) is 23.8 Å². The highest BCUT2D eigenvalue weighted by atomic mass is 16.7. The first-order chi connectivity index (χ1) is 36.7. The Labute approximate surface area is 454 Å². The molecule has 422 valence electrons. The van der Waals surface area contributed by atoms with Crippen molar-refractivity contribution in [3.05, 3.63) is 146 Å². The highest BCUT2D eigenvalue weighted by molar-refractivity contribution is 5.81. The van der Waals surface area contributed by atoms with Gasteiger partial charge in [-0.3, -0.25) is 9.59 Å². The average molecular weight is 1040 g/mol. The number of allylic oxidation sites excluding steroid dienone is 22. The fraction of sp³-hybridized carbons (Fsp3) is 0.594.